The summed E-state index contributed by atoms with van der Waals surface area (Å²) in [7, 11) is 3.45. The lowest BCUT2D eigenvalue weighted by molar-refractivity contribution is -0.126. The van der Waals surface area contributed by atoms with E-state index in [-0.39, 0.29) is 12.5 Å². The SMILES string of the molecule is CCOc1ccc(NCC(=O)N(C)C)cn1. The number of likely N-dealkylation sites (N-methyl/N-ethyl adjacent to an activating group) is 1. The van der Waals surface area contributed by atoms with Gasteiger partial charge in [0, 0.05) is 20.2 Å². The average molecular weight is 223 g/mol. The first-order valence-electron chi connectivity index (χ1n) is 5.16. The van der Waals surface area contributed by atoms with E-state index in [1.54, 1.807) is 26.4 Å². The number of aromatic nitrogens is 1. The van der Waals surface area contributed by atoms with Gasteiger partial charge in [0.25, 0.3) is 0 Å². The number of hydrogen-bond donors (Lipinski definition) is 1. The minimum atomic E-state index is 0.0221. The van der Waals surface area contributed by atoms with Crippen LogP contribution in [-0.4, -0.2) is 43.0 Å². The van der Waals surface area contributed by atoms with Crippen molar-refractivity contribution in [1.82, 2.24) is 9.88 Å². The smallest absolute Gasteiger partial charge is 0.241 e. The third-order valence-electron chi connectivity index (χ3n) is 1.97. The Morgan fingerprint density at radius 3 is 2.75 bits per heavy atom. The highest BCUT2D eigenvalue weighted by molar-refractivity contribution is 5.80. The first-order chi connectivity index (χ1) is 7.63. The summed E-state index contributed by atoms with van der Waals surface area (Å²) in [5.41, 5.74) is 0.804. The molecule has 5 heteroatoms. The molecule has 0 radical (unpaired) electrons. The number of anilines is 1. The predicted molar refractivity (Wildman–Crippen MR) is 62.6 cm³/mol. The van der Waals surface area contributed by atoms with Gasteiger partial charge in [-0.1, -0.05) is 0 Å². The van der Waals surface area contributed by atoms with Crippen molar-refractivity contribution in [1.29, 1.82) is 0 Å². The van der Waals surface area contributed by atoms with E-state index in [9.17, 15) is 4.79 Å². The van der Waals surface area contributed by atoms with Gasteiger partial charge in [0.1, 0.15) is 0 Å². The summed E-state index contributed by atoms with van der Waals surface area (Å²) >= 11 is 0. The molecule has 5 nitrogen and oxygen atoms in total. The number of pyridine rings is 1. The second-order valence-corrected chi connectivity index (χ2v) is 3.46. The highest BCUT2D eigenvalue weighted by Gasteiger charge is 2.03. The van der Waals surface area contributed by atoms with Crippen molar-refractivity contribution in [2.75, 3.05) is 32.6 Å². The number of carbonyl (C=O) groups excluding carboxylic acids is 1. The van der Waals surface area contributed by atoms with Crippen molar-refractivity contribution < 1.29 is 9.53 Å². The molecule has 0 fully saturated rings. The van der Waals surface area contributed by atoms with Gasteiger partial charge in [0.15, 0.2) is 0 Å². The maximum Gasteiger partial charge on any atom is 0.241 e. The lowest BCUT2D eigenvalue weighted by Gasteiger charge is -2.11. The molecular weight excluding hydrogens is 206 g/mol. The van der Waals surface area contributed by atoms with Gasteiger partial charge in [-0.05, 0) is 13.0 Å². The Labute approximate surface area is 95.4 Å². The van der Waals surface area contributed by atoms with Crippen LogP contribution in [0.25, 0.3) is 0 Å². The Bertz CT molecular complexity index is 336. The Morgan fingerprint density at radius 1 is 1.50 bits per heavy atom. The van der Waals surface area contributed by atoms with Crippen LogP contribution >= 0.6 is 0 Å². The Morgan fingerprint density at radius 2 is 2.25 bits per heavy atom. The maximum absolute atomic E-state index is 11.3. The summed E-state index contributed by atoms with van der Waals surface area (Å²) in [6, 6.07) is 3.60. The highest BCUT2D eigenvalue weighted by Crippen LogP contribution is 2.10. The molecule has 1 amide bonds. The lowest BCUT2D eigenvalue weighted by atomic mass is 10.4. The number of ether oxygens (including phenoxy) is 1. The monoisotopic (exact) mass is 223 g/mol. The Hall–Kier alpha value is -1.78. The topological polar surface area (TPSA) is 54.5 Å². The molecule has 0 saturated carbocycles. The fourth-order valence-electron chi connectivity index (χ4n) is 1.05. The van der Waals surface area contributed by atoms with E-state index in [1.807, 2.05) is 13.0 Å². The van der Waals surface area contributed by atoms with E-state index < -0.39 is 0 Å². The van der Waals surface area contributed by atoms with E-state index in [2.05, 4.69) is 10.3 Å². The van der Waals surface area contributed by atoms with Crippen molar-refractivity contribution in [2.45, 2.75) is 6.92 Å². The molecule has 1 aromatic rings. The molecule has 0 aromatic carbocycles. The van der Waals surface area contributed by atoms with Crippen molar-refractivity contribution in [3.05, 3.63) is 18.3 Å². The number of carbonyl (C=O) groups is 1. The average Bonchev–Trinajstić information content (AvgIpc) is 2.28. The fraction of sp³-hybridized carbons (Fsp3) is 0.455. The van der Waals surface area contributed by atoms with Crippen LogP contribution in [0.5, 0.6) is 5.88 Å². The van der Waals surface area contributed by atoms with Gasteiger partial charge in [-0.15, -0.1) is 0 Å². The van der Waals surface area contributed by atoms with Crippen LogP contribution in [-0.2, 0) is 4.79 Å². The van der Waals surface area contributed by atoms with E-state index in [0.717, 1.165) is 5.69 Å². The molecule has 0 spiro atoms. The zero-order valence-electron chi connectivity index (χ0n) is 9.86. The van der Waals surface area contributed by atoms with E-state index in [0.29, 0.717) is 12.5 Å². The molecule has 1 aromatic heterocycles. The summed E-state index contributed by atoms with van der Waals surface area (Å²) in [4.78, 5) is 16.9. The van der Waals surface area contributed by atoms with Gasteiger partial charge in [0.05, 0.1) is 25.0 Å². The Kier molecular flexibility index (Phi) is 4.57. The molecule has 1 N–H and O–H groups in total. The lowest BCUT2D eigenvalue weighted by Crippen LogP contribution is -2.28. The molecular formula is C11H17N3O2. The number of nitrogens with zero attached hydrogens (tertiary/aromatic N) is 2. The maximum atomic E-state index is 11.3. The van der Waals surface area contributed by atoms with Gasteiger partial charge in [-0.3, -0.25) is 4.79 Å². The first-order valence-corrected chi connectivity index (χ1v) is 5.16. The molecule has 0 aliphatic rings. The molecule has 16 heavy (non-hydrogen) atoms. The molecule has 0 aliphatic heterocycles. The summed E-state index contributed by atoms with van der Waals surface area (Å²) in [5, 5.41) is 2.99. The molecule has 0 bridgehead atoms. The molecule has 0 aliphatic carbocycles. The zero-order valence-corrected chi connectivity index (χ0v) is 9.86. The van der Waals surface area contributed by atoms with Crippen molar-refractivity contribution in [3.63, 3.8) is 0 Å². The minimum absolute atomic E-state index is 0.0221. The first kappa shape index (κ1) is 12.3. The number of hydrogen-bond acceptors (Lipinski definition) is 4. The standard InChI is InChI=1S/C11H17N3O2/c1-4-16-10-6-5-9(7-13-10)12-8-11(15)14(2)3/h5-7,12H,4,8H2,1-3H3. The van der Waals surface area contributed by atoms with Crippen LogP contribution in [0.15, 0.2) is 18.3 Å². The van der Waals surface area contributed by atoms with Crippen molar-refractivity contribution >= 4 is 11.6 Å². The van der Waals surface area contributed by atoms with E-state index >= 15 is 0 Å². The van der Waals surface area contributed by atoms with E-state index in [4.69, 9.17) is 4.74 Å². The van der Waals surface area contributed by atoms with Gasteiger partial charge in [0.2, 0.25) is 11.8 Å². The van der Waals surface area contributed by atoms with Gasteiger partial charge < -0.3 is 15.0 Å². The van der Waals surface area contributed by atoms with Crippen LogP contribution in [0.4, 0.5) is 5.69 Å². The predicted octanol–water partition coefficient (Wildman–Crippen LogP) is 0.980. The van der Waals surface area contributed by atoms with Crippen LogP contribution < -0.4 is 10.1 Å². The fourth-order valence-corrected chi connectivity index (χ4v) is 1.05. The number of rotatable bonds is 5. The van der Waals surface area contributed by atoms with Gasteiger partial charge in [-0.2, -0.15) is 0 Å². The summed E-state index contributed by atoms with van der Waals surface area (Å²) < 4.78 is 5.21. The third-order valence-corrected chi connectivity index (χ3v) is 1.97. The van der Waals surface area contributed by atoms with Crippen LogP contribution in [0.2, 0.25) is 0 Å². The van der Waals surface area contributed by atoms with Crippen LogP contribution in [0.1, 0.15) is 6.92 Å². The minimum Gasteiger partial charge on any atom is -0.478 e. The number of amides is 1. The van der Waals surface area contributed by atoms with Crippen molar-refractivity contribution in [2.24, 2.45) is 0 Å². The molecule has 0 atom stereocenters. The largest absolute Gasteiger partial charge is 0.478 e. The summed E-state index contributed by atoms with van der Waals surface area (Å²) in [5.74, 6) is 0.612. The normalized spacial score (nSPS) is 9.69. The zero-order chi connectivity index (χ0) is 12.0. The molecule has 1 rings (SSSR count). The molecule has 88 valence electrons. The second-order valence-electron chi connectivity index (χ2n) is 3.46. The van der Waals surface area contributed by atoms with Crippen molar-refractivity contribution in [3.8, 4) is 5.88 Å². The van der Waals surface area contributed by atoms with Gasteiger partial charge >= 0.3 is 0 Å². The quantitative estimate of drug-likeness (QED) is 0.808. The molecule has 0 saturated heterocycles. The third kappa shape index (κ3) is 3.76. The van der Waals surface area contributed by atoms with E-state index in [1.165, 1.54) is 4.90 Å². The van der Waals surface area contributed by atoms with Crippen LogP contribution in [0, 0.1) is 0 Å². The second kappa shape index (κ2) is 5.95. The van der Waals surface area contributed by atoms with Crippen LogP contribution in [0.3, 0.4) is 0 Å². The van der Waals surface area contributed by atoms with Gasteiger partial charge in [-0.25, -0.2) is 4.98 Å². The summed E-state index contributed by atoms with van der Waals surface area (Å²) in [6.07, 6.45) is 1.65. The molecule has 1 heterocycles. The Balaban J connectivity index is 2.46. The highest BCUT2D eigenvalue weighted by atomic mass is 16.5. The number of nitrogens with one attached hydrogen (secondary N) is 1. The summed E-state index contributed by atoms with van der Waals surface area (Å²) in [6.45, 7) is 2.77. The molecule has 0 unspecified atom stereocenters.